The standard InChI is InChI=1S/C23H24ClN2O/c1-25-20(13-8-18-7-9-19(24)15-23(18)25)10-4-17-5-11-21(12-6-17)26-14-2-3-22(26)16-27/h4-13,15,22,27H,2-3,14,16H2,1H3/q+1. The van der Waals surface area contributed by atoms with Gasteiger partial charge >= 0.3 is 0 Å². The third kappa shape index (κ3) is 3.71. The highest BCUT2D eigenvalue weighted by Crippen LogP contribution is 2.26. The molecule has 1 fully saturated rings. The third-order valence-corrected chi connectivity index (χ3v) is 5.67. The van der Waals surface area contributed by atoms with E-state index >= 15 is 0 Å². The maximum Gasteiger partial charge on any atom is 0.214 e. The van der Waals surface area contributed by atoms with Gasteiger partial charge in [0.1, 0.15) is 7.05 Å². The van der Waals surface area contributed by atoms with E-state index in [2.05, 4.69) is 65.1 Å². The number of pyridine rings is 1. The Balaban J connectivity index is 1.56. The van der Waals surface area contributed by atoms with E-state index in [1.54, 1.807) is 0 Å². The number of aliphatic hydroxyl groups excluding tert-OH is 1. The molecule has 4 heteroatoms. The minimum Gasteiger partial charge on any atom is -0.394 e. The molecule has 0 radical (unpaired) electrons. The van der Waals surface area contributed by atoms with Crippen molar-refractivity contribution in [3.05, 3.63) is 70.9 Å². The van der Waals surface area contributed by atoms with E-state index in [-0.39, 0.29) is 12.6 Å². The Kier molecular flexibility index (Phi) is 5.15. The van der Waals surface area contributed by atoms with Crippen molar-refractivity contribution < 1.29 is 9.67 Å². The number of fused-ring (bicyclic) bond motifs is 1. The van der Waals surface area contributed by atoms with Crippen molar-refractivity contribution in [3.63, 3.8) is 0 Å². The zero-order valence-corrected chi connectivity index (χ0v) is 16.2. The van der Waals surface area contributed by atoms with E-state index in [4.69, 9.17) is 11.6 Å². The Morgan fingerprint density at radius 1 is 1.11 bits per heavy atom. The number of hydrogen-bond acceptors (Lipinski definition) is 2. The van der Waals surface area contributed by atoms with Crippen LogP contribution in [-0.2, 0) is 7.05 Å². The minimum atomic E-state index is 0.226. The molecule has 1 aliphatic rings. The summed E-state index contributed by atoms with van der Waals surface area (Å²) in [6, 6.07) is 19.0. The topological polar surface area (TPSA) is 27.4 Å². The normalized spacial score (nSPS) is 17.3. The van der Waals surface area contributed by atoms with Crippen molar-refractivity contribution in [1.29, 1.82) is 0 Å². The monoisotopic (exact) mass is 379 g/mol. The molecule has 4 rings (SSSR count). The van der Waals surface area contributed by atoms with E-state index in [1.165, 1.54) is 11.1 Å². The molecule has 0 amide bonds. The van der Waals surface area contributed by atoms with Crippen molar-refractivity contribution in [2.75, 3.05) is 18.1 Å². The van der Waals surface area contributed by atoms with Crippen LogP contribution in [0.1, 0.15) is 24.1 Å². The van der Waals surface area contributed by atoms with Crippen LogP contribution in [0.4, 0.5) is 5.69 Å². The van der Waals surface area contributed by atoms with Crippen LogP contribution in [-0.4, -0.2) is 24.3 Å². The molecule has 1 atom stereocenters. The van der Waals surface area contributed by atoms with Crippen LogP contribution in [0.5, 0.6) is 0 Å². The van der Waals surface area contributed by atoms with Gasteiger partial charge in [-0.2, -0.15) is 4.57 Å². The average molecular weight is 380 g/mol. The molecule has 27 heavy (non-hydrogen) atoms. The van der Waals surface area contributed by atoms with Crippen LogP contribution in [0, 0.1) is 0 Å². The summed E-state index contributed by atoms with van der Waals surface area (Å²) in [5.74, 6) is 0. The van der Waals surface area contributed by atoms with Gasteiger partial charge in [-0.05, 0) is 54.8 Å². The summed E-state index contributed by atoms with van der Waals surface area (Å²) >= 11 is 6.15. The van der Waals surface area contributed by atoms with E-state index in [1.807, 2.05) is 18.2 Å². The van der Waals surface area contributed by atoms with Crippen LogP contribution in [0.2, 0.25) is 5.02 Å². The fourth-order valence-corrected chi connectivity index (χ4v) is 4.03. The van der Waals surface area contributed by atoms with Gasteiger partial charge in [0, 0.05) is 40.8 Å². The first kappa shape index (κ1) is 18.0. The molecule has 0 bridgehead atoms. The van der Waals surface area contributed by atoms with Gasteiger partial charge in [-0.1, -0.05) is 23.7 Å². The van der Waals surface area contributed by atoms with Gasteiger partial charge in [0.15, 0.2) is 0 Å². The van der Waals surface area contributed by atoms with Crippen molar-refractivity contribution >= 4 is 40.3 Å². The number of rotatable bonds is 4. The molecule has 2 heterocycles. The molecule has 0 aliphatic carbocycles. The van der Waals surface area contributed by atoms with Gasteiger partial charge < -0.3 is 10.0 Å². The Labute approximate surface area is 165 Å². The lowest BCUT2D eigenvalue weighted by Gasteiger charge is -2.25. The third-order valence-electron chi connectivity index (χ3n) is 5.43. The van der Waals surface area contributed by atoms with Crippen molar-refractivity contribution in [1.82, 2.24) is 0 Å². The summed E-state index contributed by atoms with van der Waals surface area (Å²) < 4.78 is 2.15. The van der Waals surface area contributed by atoms with Gasteiger partial charge in [-0.3, -0.25) is 0 Å². The second kappa shape index (κ2) is 7.71. The first-order chi connectivity index (χ1) is 13.2. The SMILES string of the molecule is C[n+]1c(C=Cc2ccc(N3CCCC3CO)cc2)ccc2ccc(Cl)cc21. The molecule has 138 valence electrons. The van der Waals surface area contributed by atoms with E-state index in [0.29, 0.717) is 0 Å². The largest absolute Gasteiger partial charge is 0.394 e. The lowest BCUT2D eigenvalue weighted by atomic mass is 10.1. The second-order valence-corrected chi connectivity index (χ2v) is 7.55. The first-order valence-corrected chi connectivity index (χ1v) is 9.77. The Hall–Kier alpha value is -2.36. The molecule has 1 aromatic heterocycles. The van der Waals surface area contributed by atoms with Gasteiger partial charge in [-0.25, -0.2) is 0 Å². The summed E-state index contributed by atoms with van der Waals surface area (Å²) in [4.78, 5) is 2.31. The molecule has 1 aliphatic heterocycles. The van der Waals surface area contributed by atoms with Crippen LogP contribution in [0.25, 0.3) is 23.1 Å². The number of aromatic nitrogens is 1. The maximum atomic E-state index is 9.52. The van der Waals surface area contributed by atoms with Crippen molar-refractivity contribution in [2.45, 2.75) is 18.9 Å². The molecule has 1 N–H and O–H groups in total. The summed E-state index contributed by atoms with van der Waals surface area (Å²) in [5.41, 5.74) is 4.58. The maximum absolute atomic E-state index is 9.52. The quantitative estimate of drug-likeness (QED) is 0.678. The number of aliphatic hydroxyl groups is 1. The number of benzene rings is 2. The average Bonchev–Trinajstić information content (AvgIpc) is 3.17. The number of hydrogen-bond donors (Lipinski definition) is 1. The van der Waals surface area contributed by atoms with Crippen LogP contribution in [0.15, 0.2) is 54.6 Å². The molecule has 3 aromatic rings. The molecule has 3 nitrogen and oxygen atoms in total. The molecule has 2 aromatic carbocycles. The van der Waals surface area contributed by atoms with Crippen LogP contribution >= 0.6 is 11.6 Å². The van der Waals surface area contributed by atoms with E-state index in [0.717, 1.165) is 41.2 Å². The highest BCUT2D eigenvalue weighted by molar-refractivity contribution is 6.31. The number of nitrogens with zero attached hydrogens (tertiary/aromatic N) is 2. The van der Waals surface area contributed by atoms with Gasteiger partial charge in [0.25, 0.3) is 0 Å². The zero-order chi connectivity index (χ0) is 18.8. The lowest BCUT2D eigenvalue weighted by Crippen LogP contribution is -2.32. The minimum absolute atomic E-state index is 0.226. The smallest absolute Gasteiger partial charge is 0.214 e. The second-order valence-electron chi connectivity index (χ2n) is 7.12. The highest BCUT2D eigenvalue weighted by Gasteiger charge is 2.23. The van der Waals surface area contributed by atoms with Gasteiger partial charge in [0.05, 0.1) is 12.6 Å². The Bertz CT molecular complexity index is 982. The Morgan fingerprint density at radius 3 is 2.67 bits per heavy atom. The summed E-state index contributed by atoms with van der Waals surface area (Å²) in [7, 11) is 2.06. The van der Waals surface area contributed by atoms with Gasteiger partial charge in [-0.15, -0.1) is 0 Å². The molecule has 1 saturated heterocycles. The van der Waals surface area contributed by atoms with Crippen LogP contribution < -0.4 is 9.47 Å². The predicted molar refractivity (Wildman–Crippen MR) is 113 cm³/mol. The van der Waals surface area contributed by atoms with Crippen molar-refractivity contribution in [2.24, 2.45) is 7.05 Å². The zero-order valence-electron chi connectivity index (χ0n) is 15.5. The van der Waals surface area contributed by atoms with Crippen molar-refractivity contribution in [3.8, 4) is 0 Å². The molecule has 1 unspecified atom stereocenters. The molecule has 0 spiro atoms. The Morgan fingerprint density at radius 2 is 1.89 bits per heavy atom. The lowest BCUT2D eigenvalue weighted by molar-refractivity contribution is -0.646. The summed E-state index contributed by atoms with van der Waals surface area (Å²) in [6.45, 7) is 1.25. The molecule has 0 saturated carbocycles. The molecular formula is C23H24ClN2O+. The van der Waals surface area contributed by atoms with Gasteiger partial charge in [0.2, 0.25) is 11.2 Å². The van der Waals surface area contributed by atoms with E-state index in [9.17, 15) is 5.11 Å². The first-order valence-electron chi connectivity index (χ1n) is 9.39. The van der Waals surface area contributed by atoms with Crippen LogP contribution in [0.3, 0.4) is 0 Å². The highest BCUT2D eigenvalue weighted by atomic mass is 35.5. The fourth-order valence-electron chi connectivity index (χ4n) is 3.87. The van der Waals surface area contributed by atoms with E-state index < -0.39 is 0 Å². The molecular weight excluding hydrogens is 356 g/mol. The number of aryl methyl sites for hydroxylation is 1. The predicted octanol–water partition coefficient (Wildman–Crippen LogP) is 4.45. The number of halogens is 1. The summed E-state index contributed by atoms with van der Waals surface area (Å²) in [6.07, 6.45) is 6.47. The fraction of sp³-hybridized carbons (Fsp3) is 0.261. The number of anilines is 1. The summed E-state index contributed by atoms with van der Waals surface area (Å²) in [5, 5.41) is 11.4.